The molecule has 1 saturated heterocycles. The predicted molar refractivity (Wildman–Crippen MR) is 61.3 cm³/mol. The molecule has 0 bridgehead atoms. The average molecular weight is 230 g/mol. The summed E-state index contributed by atoms with van der Waals surface area (Å²) in [5.74, 6) is 0.281. The number of aliphatic hydroxyl groups is 2. The molecule has 0 aliphatic carbocycles. The summed E-state index contributed by atoms with van der Waals surface area (Å²) >= 11 is 0. The maximum Gasteiger partial charge on any atom is 0.146 e. The number of ketones is 1. The van der Waals surface area contributed by atoms with Crippen LogP contribution in [-0.4, -0.2) is 77.8 Å². The zero-order valence-corrected chi connectivity index (χ0v) is 9.93. The number of hydrogen-bond donors (Lipinski definition) is 2. The molecule has 0 aromatic carbocycles. The number of carbonyl (C=O) groups excluding carboxylic acids is 1. The molecule has 1 aliphatic heterocycles. The van der Waals surface area contributed by atoms with Crippen LogP contribution in [0.5, 0.6) is 0 Å². The Labute approximate surface area is 96.7 Å². The quantitative estimate of drug-likeness (QED) is 0.609. The van der Waals surface area contributed by atoms with E-state index in [1.54, 1.807) is 0 Å². The van der Waals surface area contributed by atoms with Gasteiger partial charge in [0.2, 0.25) is 0 Å². The fourth-order valence-electron chi connectivity index (χ4n) is 1.85. The topological polar surface area (TPSA) is 64.0 Å². The molecule has 16 heavy (non-hydrogen) atoms. The van der Waals surface area contributed by atoms with E-state index in [-0.39, 0.29) is 12.4 Å². The highest BCUT2D eigenvalue weighted by atomic mass is 16.3. The Bertz CT molecular complexity index is 215. The van der Waals surface area contributed by atoms with E-state index < -0.39 is 6.10 Å². The van der Waals surface area contributed by atoms with Gasteiger partial charge in [-0.15, -0.1) is 0 Å². The number of rotatable bonds is 6. The summed E-state index contributed by atoms with van der Waals surface area (Å²) in [5, 5.41) is 18.0. The van der Waals surface area contributed by atoms with Crippen molar-refractivity contribution in [2.75, 3.05) is 45.9 Å². The molecule has 1 aliphatic rings. The van der Waals surface area contributed by atoms with Crippen LogP contribution in [0.4, 0.5) is 0 Å². The summed E-state index contributed by atoms with van der Waals surface area (Å²) in [4.78, 5) is 15.5. The van der Waals surface area contributed by atoms with Gasteiger partial charge in [0.05, 0.1) is 19.3 Å². The van der Waals surface area contributed by atoms with E-state index in [1.807, 2.05) is 6.92 Å². The van der Waals surface area contributed by atoms with Gasteiger partial charge in [-0.3, -0.25) is 14.6 Å². The van der Waals surface area contributed by atoms with Crippen molar-refractivity contribution in [2.24, 2.45) is 0 Å². The largest absolute Gasteiger partial charge is 0.394 e. The van der Waals surface area contributed by atoms with E-state index in [0.29, 0.717) is 19.5 Å². The fourth-order valence-corrected chi connectivity index (χ4v) is 1.85. The van der Waals surface area contributed by atoms with E-state index in [1.165, 1.54) is 0 Å². The Morgan fingerprint density at radius 2 is 1.81 bits per heavy atom. The second-order valence-electron chi connectivity index (χ2n) is 4.31. The zero-order valence-electron chi connectivity index (χ0n) is 9.93. The first-order valence-electron chi connectivity index (χ1n) is 5.91. The minimum atomic E-state index is -0.649. The van der Waals surface area contributed by atoms with Crippen LogP contribution in [-0.2, 0) is 4.79 Å². The van der Waals surface area contributed by atoms with Gasteiger partial charge in [0.25, 0.3) is 0 Å². The lowest BCUT2D eigenvalue weighted by atomic mass is 10.2. The third-order valence-corrected chi connectivity index (χ3v) is 2.94. The SMILES string of the molecule is CCC(=O)CN1CCN(CC(O)CO)CC1. The molecule has 1 heterocycles. The minimum Gasteiger partial charge on any atom is -0.394 e. The lowest BCUT2D eigenvalue weighted by Crippen LogP contribution is -2.50. The van der Waals surface area contributed by atoms with Crippen molar-refractivity contribution in [3.05, 3.63) is 0 Å². The monoisotopic (exact) mass is 230 g/mol. The molecule has 1 fully saturated rings. The van der Waals surface area contributed by atoms with Crippen LogP contribution < -0.4 is 0 Å². The Hall–Kier alpha value is -0.490. The van der Waals surface area contributed by atoms with Gasteiger partial charge in [-0.25, -0.2) is 0 Å². The maximum absolute atomic E-state index is 11.3. The summed E-state index contributed by atoms with van der Waals surface area (Å²) in [6, 6.07) is 0. The first kappa shape index (κ1) is 13.6. The lowest BCUT2D eigenvalue weighted by Gasteiger charge is -2.34. The molecule has 94 valence electrons. The van der Waals surface area contributed by atoms with Gasteiger partial charge >= 0.3 is 0 Å². The number of nitrogens with zero attached hydrogens (tertiary/aromatic N) is 2. The molecule has 0 amide bonds. The second-order valence-corrected chi connectivity index (χ2v) is 4.31. The second kappa shape index (κ2) is 6.96. The van der Waals surface area contributed by atoms with E-state index in [9.17, 15) is 9.90 Å². The van der Waals surface area contributed by atoms with Crippen LogP contribution in [0.15, 0.2) is 0 Å². The molecule has 0 saturated carbocycles. The van der Waals surface area contributed by atoms with Gasteiger partial charge in [0.1, 0.15) is 5.78 Å². The Balaban J connectivity index is 2.20. The summed E-state index contributed by atoms with van der Waals surface area (Å²) in [6.45, 7) is 6.21. The minimum absolute atomic E-state index is 0.186. The molecule has 5 nitrogen and oxygen atoms in total. The average Bonchev–Trinajstić information content (AvgIpc) is 2.31. The fraction of sp³-hybridized carbons (Fsp3) is 0.909. The van der Waals surface area contributed by atoms with Crippen LogP contribution in [0.1, 0.15) is 13.3 Å². The third kappa shape index (κ3) is 4.57. The smallest absolute Gasteiger partial charge is 0.146 e. The number of piperazine rings is 1. The van der Waals surface area contributed by atoms with Crippen molar-refractivity contribution in [3.8, 4) is 0 Å². The van der Waals surface area contributed by atoms with Crippen LogP contribution >= 0.6 is 0 Å². The zero-order chi connectivity index (χ0) is 12.0. The van der Waals surface area contributed by atoms with Gasteiger partial charge in [-0.05, 0) is 0 Å². The number of hydrogen-bond acceptors (Lipinski definition) is 5. The number of β-amino-alcohol motifs (C(OH)–C–C–N with tert-alkyl or cyclic N) is 1. The molecule has 2 N–H and O–H groups in total. The number of carbonyl (C=O) groups is 1. The van der Waals surface area contributed by atoms with Gasteiger partial charge in [0, 0.05) is 39.1 Å². The molecule has 1 rings (SSSR count). The highest BCUT2D eigenvalue weighted by Crippen LogP contribution is 2.03. The molecule has 1 unspecified atom stereocenters. The Kier molecular flexibility index (Phi) is 5.90. The molecular weight excluding hydrogens is 208 g/mol. The molecule has 0 spiro atoms. The Morgan fingerprint density at radius 1 is 1.25 bits per heavy atom. The van der Waals surface area contributed by atoms with E-state index in [4.69, 9.17) is 5.11 Å². The maximum atomic E-state index is 11.3. The van der Waals surface area contributed by atoms with Gasteiger partial charge in [-0.2, -0.15) is 0 Å². The first-order valence-corrected chi connectivity index (χ1v) is 5.91. The van der Waals surface area contributed by atoms with Crippen LogP contribution in [0.25, 0.3) is 0 Å². The van der Waals surface area contributed by atoms with Crippen LogP contribution in [0.2, 0.25) is 0 Å². The third-order valence-electron chi connectivity index (χ3n) is 2.94. The van der Waals surface area contributed by atoms with E-state index in [0.717, 1.165) is 26.2 Å². The first-order chi connectivity index (χ1) is 7.65. The van der Waals surface area contributed by atoms with Crippen LogP contribution in [0, 0.1) is 0 Å². The molecule has 0 aromatic heterocycles. The van der Waals surface area contributed by atoms with Gasteiger partial charge in [0.15, 0.2) is 0 Å². The summed E-state index contributed by atoms with van der Waals surface area (Å²) in [5.41, 5.74) is 0. The highest BCUT2D eigenvalue weighted by Gasteiger charge is 2.19. The van der Waals surface area contributed by atoms with Crippen molar-refractivity contribution in [3.63, 3.8) is 0 Å². The van der Waals surface area contributed by atoms with Crippen molar-refractivity contribution in [1.82, 2.24) is 9.80 Å². The van der Waals surface area contributed by atoms with Gasteiger partial charge in [-0.1, -0.05) is 6.92 Å². The predicted octanol–water partition coefficient (Wildman–Crippen LogP) is -1.06. The summed E-state index contributed by atoms with van der Waals surface area (Å²) in [6.07, 6.45) is -0.0486. The normalized spacial score (nSPS) is 20.9. The van der Waals surface area contributed by atoms with Crippen molar-refractivity contribution in [1.29, 1.82) is 0 Å². The van der Waals surface area contributed by atoms with Crippen molar-refractivity contribution < 1.29 is 15.0 Å². The lowest BCUT2D eigenvalue weighted by molar-refractivity contribution is -0.120. The van der Waals surface area contributed by atoms with E-state index in [2.05, 4.69) is 9.80 Å². The summed E-state index contributed by atoms with van der Waals surface area (Å²) < 4.78 is 0. The molecule has 1 atom stereocenters. The molecular formula is C11H22N2O3. The number of aliphatic hydroxyl groups excluding tert-OH is 2. The Morgan fingerprint density at radius 3 is 2.31 bits per heavy atom. The van der Waals surface area contributed by atoms with Gasteiger partial charge < -0.3 is 10.2 Å². The van der Waals surface area contributed by atoms with Crippen molar-refractivity contribution >= 4 is 5.78 Å². The number of Topliss-reactive ketones (excluding diaryl/α,β-unsaturated/α-hetero) is 1. The highest BCUT2D eigenvalue weighted by molar-refractivity contribution is 5.80. The molecule has 0 aromatic rings. The summed E-state index contributed by atoms with van der Waals surface area (Å²) in [7, 11) is 0. The molecule has 5 heteroatoms. The van der Waals surface area contributed by atoms with Crippen LogP contribution in [0.3, 0.4) is 0 Å². The standard InChI is InChI=1S/C11H22N2O3/c1-2-10(15)7-12-3-5-13(6-4-12)8-11(16)9-14/h11,14,16H,2-9H2,1H3. The van der Waals surface area contributed by atoms with Crippen molar-refractivity contribution in [2.45, 2.75) is 19.4 Å². The molecule has 0 radical (unpaired) electrons. The van der Waals surface area contributed by atoms with E-state index >= 15 is 0 Å².